The molecule has 2 heteroatoms. The molecular formula is C14H27NO. The molecule has 1 N–H and O–H groups in total. The summed E-state index contributed by atoms with van der Waals surface area (Å²) in [5, 5.41) is 3.65. The Morgan fingerprint density at radius 1 is 1.06 bits per heavy atom. The van der Waals surface area contributed by atoms with Gasteiger partial charge in [0.1, 0.15) is 0 Å². The molecule has 2 saturated heterocycles. The first-order valence-electron chi connectivity index (χ1n) is 6.92. The van der Waals surface area contributed by atoms with Gasteiger partial charge in [-0.3, -0.25) is 0 Å². The van der Waals surface area contributed by atoms with Crippen LogP contribution in [0.1, 0.15) is 34.1 Å². The molecule has 0 aromatic carbocycles. The molecule has 0 radical (unpaired) electrons. The van der Waals surface area contributed by atoms with Gasteiger partial charge in [0.15, 0.2) is 0 Å². The van der Waals surface area contributed by atoms with E-state index in [-0.39, 0.29) is 0 Å². The van der Waals surface area contributed by atoms with Gasteiger partial charge in [0.25, 0.3) is 0 Å². The Balaban J connectivity index is 2.00. The zero-order valence-electron chi connectivity index (χ0n) is 11.2. The second-order valence-corrected chi connectivity index (χ2v) is 6.28. The van der Waals surface area contributed by atoms with Crippen LogP contribution in [0, 0.1) is 29.6 Å². The summed E-state index contributed by atoms with van der Waals surface area (Å²) in [6, 6.07) is 0.715. The second kappa shape index (κ2) is 5.05. The average Bonchev–Trinajstić information content (AvgIpc) is 2.15. The van der Waals surface area contributed by atoms with Crippen LogP contribution in [0.4, 0.5) is 0 Å². The van der Waals surface area contributed by atoms with Crippen LogP contribution in [0.2, 0.25) is 0 Å². The third-order valence-electron chi connectivity index (χ3n) is 4.68. The van der Waals surface area contributed by atoms with Gasteiger partial charge < -0.3 is 10.1 Å². The molecule has 2 rings (SSSR count). The van der Waals surface area contributed by atoms with E-state index in [2.05, 4.69) is 33.0 Å². The minimum absolute atomic E-state index is 0.715. The lowest BCUT2D eigenvalue weighted by Gasteiger charge is -2.50. The van der Waals surface area contributed by atoms with Crippen molar-refractivity contribution < 1.29 is 4.74 Å². The summed E-state index contributed by atoms with van der Waals surface area (Å²) in [7, 11) is 0. The molecule has 0 aromatic rings. The van der Waals surface area contributed by atoms with Gasteiger partial charge in [0.2, 0.25) is 0 Å². The topological polar surface area (TPSA) is 21.3 Å². The smallest absolute Gasteiger partial charge is 0.0512 e. The molecule has 0 saturated carbocycles. The monoisotopic (exact) mass is 225 g/mol. The van der Waals surface area contributed by atoms with Crippen molar-refractivity contribution in [2.45, 2.75) is 40.2 Å². The van der Waals surface area contributed by atoms with Crippen molar-refractivity contribution in [1.29, 1.82) is 0 Å². The minimum atomic E-state index is 0.715. The fourth-order valence-corrected chi connectivity index (χ4v) is 3.48. The summed E-state index contributed by atoms with van der Waals surface area (Å²) in [6.07, 6.45) is 1.26. The molecule has 4 unspecified atom stereocenters. The molecule has 2 nitrogen and oxygen atoms in total. The van der Waals surface area contributed by atoms with Gasteiger partial charge in [-0.05, 0) is 36.6 Å². The Morgan fingerprint density at radius 3 is 2.25 bits per heavy atom. The van der Waals surface area contributed by atoms with Crippen LogP contribution >= 0.6 is 0 Å². The highest BCUT2D eigenvalue weighted by Crippen LogP contribution is 2.38. The van der Waals surface area contributed by atoms with Crippen molar-refractivity contribution in [2.24, 2.45) is 29.6 Å². The van der Waals surface area contributed by atoms with Crippen LogP contribution < -0.4 is 5.32 Å². The van der Waals surface area contributed by atoms with Crippen molar-refractivity contribution in [3.63, 3.8) is 0 Å². The minimum Gasteiger partial charge on any atom is -0.381 e. The van der Waals surface area contributed by atoms with E-state index in [1.165, 1.54) is 13.0 Å². The Morgan fingerprint density at radius 2 is 1.75 bits per heavy atom. The standard InChI is InChI=1S/C14H27NO/c1-9(2)11-5-6-16-8-13(11)14-12(7-15-14)10(3)4/h9-15H,5-8H2,1-4H3. The first-order chi connectivity index (χ1) is 7.61. The van der Waals surface area contributed by atoms with Crippen molar-refractivity contribution in [3.8, 4) is 0 Å². The maximum absolute atomic E-state index is 5.71. The number of hydrogen-bond acceptors (Lipinski definition) is 2. The molecule has 94 valence electrons. The summed E-state index contributed by atoms with van der Waals surface area (Å²) in [5.41, 5.74) is 0. The number of rotatable bonds is 3. The van der Waals surface area contributed by atoms with E-state index >= 15 is 0 Å². The predicted octanol–water partition coefficient (Wildman–Crippen LogP) is 2.54. The van der Waals surface area contributed by atoms with Gasteiger partial charge in [-0.15, -0.1) is 0 Å². The van der Waals surface area contributed by atoms with E-state index in [9.17, 15) is 0 Å². The molecule has 0 bridgehead atoms. The Kier molecular flexibility index (Phi) is 3.91. The van der Waals surface area contributed by atoms with Crippen LogP contribution in [-0.2, 0) is 4.74 Å². The highest BCUT2D eigenvalue weighted by Gasteiger charge is 2.43. The van der Waals surface area contributed by atoms with E-state index in [1.807, 2.05) is 0 Å². The predicted molar refractivity (Wildman–Crippen MR) is 67.4 cm³/mol. The molecule has 0 spiro atoms. The van der Waals surface area contributed by atoms with E-state index in [0.29, 0.717) is 6.04 Å². The van der Waals surface area contributed by atoms with E-state index < -0.39 is 0 Å². The SMILES string of the molecule is CC(C)C1CCOCC1C1NCC1C(C)C. The molecule has 2 aliphatic rings. The first-order valence-corrected chi connectivity index (χ1v) is 6.92. The first kappa shape index (κ1) is 12.4. The summed E-state index contributed by atoms with van der Waals surface area (Å²) in [6.45, 7) is 12.6. The molecule has 4 atom stereocenters. The van der Waals surface area contributed by atoms with E-state index in [1.54, 1.807) is 0 Å². The molecule has 2 aliphatic heterocycles. The molecular weight excluding hydrogens is 198 g/mol. The zero-order chi connectivity index (χ0) is 11.7. The maximum atomic E-state index is 5.71. The van der Waals surface area contributed by atoms with Crippen molar-refractivity contribution in [1.82, 2.24) is 5.32 Å². The molecule has 16 heavy (non-hydrogen) atoms. The third-order valence-corrected chi connectivity index (χ3v) is 4.68. The quantitative estimate of drug-likeness (QED) is 0.797. The number of nitrogens with one attached hydrogen (secondary N) is 1. The zero-order valence-corrected chi connectivity index (χ0v) is 11.2. The highest BCUT2D eigenvalue weighted by molar-refractivity contribution is 4.97. The van der Waals surface area contributed by atoms with Gasteiger partial charge in [0, 0.05) is 18.6 Å². The molecule has 2 heterocycles. The second-order valence-electron chi connectivity index (χ2n) is 6.28. The Hall–Kier alpha value is -0.0800. The highest BCUT2D eigenvalue weighted by atomic mass is 16.5. The molecule has 0 aromatic heterocycles. The van der Waals surface area contributed by atoms with E-state index in [0.717, 1.165) is 42.8 Å². The summed E-state index contributed by atoms with van der Waals surface area (Å²) in [4.78, 5) is 0. The van der Waals surface area contributed by atoms with E-state index in [4.69, 9.17) is 4.74 Å². The fourth-order valence-electron chi connectivity index (χ4n) is 3.48. The lowest BCUT2D eigenvalue weighted by atomic mass is 9.68. The summed E-state index contributed by atoms with van der Waals surface area (Å²) in [5.74, 6) is 4.07. The van der Waals surface area contributed by atoms with Gasteiger partial charge in [-0.1, -0.05) is 27.7 Å². The van der Waals surface area contributed by atoms with Crippen LogP contribution in [0.5, 0.6) is 0 Å². The van der Waals surface area contributed by atoms with Crippen LogP contribution in [0.25, 0.3) is 0 Å². The fraction of sp³-hybridized carbons (Fsp3) is 1.00. The van der Waals surface area contributed by atoms with Gasteiger partial charge >= 0.3 is 0 Å². The largest absolute Gasteiger partial charge is 0.381 e. The lowest BCUT2D eigenvalue weighted by molar-refractivity contribution is -0.0472. The molecule has 0 amide bonds. The molecule has 2 fully saturated rings. The number of hydrogen-bond donors (Lipinski definition) is 1. The number of ether oxygens (including phenoxy) is 1. The summed E-state index contributed by atoms with van der Waals surface area (Å²) >= 11 is 0. The maximum Gasteiger partial charge on any atom is 0.0512 e. The van der Waals surface area contributed by atoms with Gasteiger partial charge in [-0.2, -0.15) is 0 Å². The Labute approximate surface area is 100 Å². The Bertz CT molecular complexity index is 227. The van der Waals surface area contributed by atoms with Gasteiger partial charge in [0.05, 0.1) is 6.61 Å². The van der Waals surface area contributed by atoms with Crippen molar-refractivity contribution >= 4 is 0 Å². The van der Waals surface area contributed by atoms with Gasteiger partial charge in [-0.25, -0.2) is 0 Å². The van der Waals surface area contributed by atoms with Crippen LogP contribution in [-0.4, -0.2) is 25.8 Å². The third kappa shape index (κ3) is 2.28. The lowest BCUT2D eigenvalue weighted by Crippen LogP contribution is -2.62. The molecule has 0 aliphatic carbocycles. The average molecular weight is 225 g/mol. The normalized spacial score (nSPS) is 40.1. The van der Waals surface area contributed by atoms with Crippen LogP contribution in [0.15, 0.2) is 0 Å². The van der Waals surface area contributed by atoms with Crippen LogP contribution in [0.3, 0.4) is 0 Å². The van der Waals surface area contributed by atoms with Crippen molar-refractivity contribution in [3.05, 3.63) is 0 Å². The van der Waals surface area contributed by atoms with Crippen molar-refractivity contribution in [2.75, 3.05) is 19.8 Å². The summed E-state index contributed by atoms with van der Waals surface area (Å²) < 4.78 is 5.71.